The Labute approximate surface area is 136 Å². The van der Waals surface area contributed by atoms with Crippen LogP contribution in [0, 0.1) is 11.3 Å². The van der Waals surface area contributed by atoms with Crippen LogP contribution in [0.5, 0.6) is 0 Å². The Kier molecular flexibility index (Phi) is 5.78. The van der Waals surface area contributed by atoms with Gasteiger partial charge in [0.05, 0.1) is 11.6 Å². The molecule has 5 nitrogen and oxygen atoms in total. The molecule has 1 aromatic carbocycles. The summed E-state index contributed by atoms with van der Waals surface area (Å²) in [6.07, 6.45) is 0. The number of hydrogen-bond acceptors (Lipinski definition) is 4. The summed E-state index contributed by atoms with van der Waals surface area (Å²) in [7, 11) is 2.05. The molecule has 118 valence electrons. The van der Waals surface area contributed by atoms with Crippen LogP contribution < -0.4 is 4.84 Å². The third-order valence-electron chi connectivity index (χ3n) is 4.26. The predicted molar refractivity (Wildman–Crippen MR) is 86.4 cm³/mol. The van der Waals surface area contributed by atoms with Gasteiger partial charge in [0.25, 0.3) is 0 Å². The van der Waals surface area contributed by atoms with Gasteiger partial charge in [-0.1, -0.05) is 19.1 Å². The number of carbonyl (C=O) groups is 1. The molecule has 0 saturated carbocycles. The molecule has 0 bridgehead atoms. The lowest BCUT2D eigenvalue weighted by Gasteiger charge is -2.35. The highest BCUT2D eigenvalue weighted by atomic mass is 35.5. The van der Waals surface area contributed by atoms with E-state index in [1.54, 1.807) is 12.1 Å². The van der Waals surface area contributed by atoms with Crippen LogP contribution in [-0.4, -0.2) is 55.0 Å². The fraction of sp³-hybridized carbons (Fsp3) is 0.500. The van der Waals surface area contributed by atoms with Crippen LogP contribution in [0.1, 0.15) is 24.0 Å². The minimum Gasteiger partial charge on any atom is -0.339 e. The second kappa shape index (κ2) is 7.59. The van der Waals surface area contributed by atoms with E-state index in [0.717, 1.165) is 31.7 Å². The van der Waals surface area contributed by atoms with Gasteiger partial charge in [0, 0.05) is 32.1 Å². The number of nitriles is 1. The average molecular weight is 321 g/mol. The maximum absolute atomic E-state index is 12.7. The summed E-state index contributed by atoms with van der Waals surface area (Å²) >= 11 is 5.85. The van der Waals surface area contributed by atoms with Crippen molar-refractivity contribution in [2.75, 3.05) is 33.2 Å². The summed E-state index contributed by atoms with van der Waals surface area (Å²) in [5.74, 6) is -0.0441. The topological polar surface area (TPSA) is 59.4 Å². The highest BCUT2D eigenvalue weighted by Gasteiger charge is 2.30. The molecule has 1 aliphatic heterocycles. The minimum absolute atomic E-state index is 0.0277. The van der Waals surface area contributed by atoms with E-state index in [-0.39, 0.29) is 11.8 Å². The molecular weight excluding hydrogens is 300 g/mol. The highest BCUT2D eigenvalue weighted by Crippen LogP contribution is 2.22. The maximum atomic E-state index is 12.7. The van der Waals surface area contributed by atoms with Gasteiger partial charge in [0.15, 0.2) is 0 Å². The Morgan fingerprint density at radius 3 is 2.36 bits per heavy atom. The monoisotopic (exact) mass is 320 g/mol. The average Bonchev–Trinajstić information content (AvgIpc) is 2.56. The van der Waals surface area contributed by atoms with Gasteiger partial charge in [-0.2, -0.15) is 5.26 Å². The SMILES string of the molecule is CC(c1ccc(C#N)cc1)[C@@H](NCl)C(=O)N1CCN(C)CC1. The van der Waals surface area contributed by atoms with Crippen molar-refractivity contribution in [1.82, 2.24) is 14.6 Å². The number of benzene rings is 1. The number of rotatable bonds is 4. The summed E-state index contributed by atoms with van der Waals surface area (Å²) < 4.78 is 0. The van der Waals surface area contributed by atoms with Gasteiger partial charge < -0.3 is 9.80 Å². The zero-order chi connectivity index (χ0) is 16.1. The zero-order valence-electron chi connectivity index (χ0n) is 12.9. The van der Waals surface area contributed by atoms with Crippen LogP contribution in [0.25, 0.3) is 0 Å². The molecule has 2 atom stereocenters. The van der Waals surface area contributed by atoms with Gasteiger partial charge in [-0.05, 0) is 36.5 Å². The number of nitrogens with one attached hydrogen (secondary N) is 1. The molecule has 1 aromatic rings. The second-order valence-electron chi connectivity index (χ2n) is 5.74. The molecule has 6 heteroatoms. The van der Waals surface area contributed by atoms with Crippen LogP contribution >= 0.6 is 11.8 Å². The van der Waals surface area contributed by atoms with E-state index < -0.39 is 6.04 Å². The Morgan fingerprint density at radius 1 is 1.27 bits per heavy atom. The van der Waals surface area contributed by atoms with Crippen molar-refractivity contribution in [3.05, 3.63) is 35.4 Å². The Hall–Kier alpha value is -1.61. The van der Waals surface area contributed by atoms with Crippen LogP contribution in [0.3, 0.4) is 0 Å². The number of hydrogen-bond donors (Lipinski definition) is 1. The van der Waals surface area contributed by atoms with E-state index >= 15 is 0 Å². The van der Waals surface area contributed by atoms with Crippen molar-refractivity contribution < 1.29 is 4.79 Å². The number of amides is 1. The summed E-state index contributed by atoms with van der Waals surface area (Å²) in [5.41, 5.74) is 1.59. The van der Waals surface area contributed by atoms with Crippen LogP contribution in [-0.2, 0) is 4.79 Å². The van der Waals surface area contributed by atoms with Gasteiger partial charge in [-0.15, -0.1) is 0 Å². The van der Waals surface area contributed by atoms with Gasteiger partial charge in [-0.3, -0.25) is 4.79 Å². The first-order valence-electron chi connectivity index (χ1n) is 7.40. The predicted octanol–water partition coefficient (Wildman–Crippen LogP) is 1.55. The van der Waals surface area contributed by atoms with Crippen molar-refractivity contribution in [3.63, 3.8) is 0 Å². The Morgan fingerprint density at radius 2 is 1.86 bits per heavy atom. The number of halogens is 1. The quantitative estimate of drug-likeness (QED) is 0.855. The minimum atomic E-state index is -0.474. The fourth-order valence-electron chi connectivity index (χ4n) is 2.63. The Balaban J connectivity index is 2.09. The second-order valence-corrected chi connectivity index (χ2v) is 5.96. The summed E-state index contributed by atoms with van der Waals surface area (Å²) in [6, 6.07) is 8.90. The molecule has 1 amide bonds. The van der Waals surface area contributed by atoms with Crippen LogP contribution in [0.15, 0.2) is 24.3 Å². The van der Waals surface area contributed by atoms with Crippen LogP contribution in [0.4, 0.5) is 0 Å². The Bertz CT molecular complexity index is 546. The molecule has 1 unspecified atom stereocenters. The molecule has 0 aliphatic carbocycles. The lowest BCUT2D eigenvalue weighted by atomic mass is 9.92. The largest absolute Gasteiger partial charge is 0.339 e. The molecule has 1 heterocycles. The molecule has 0 spiro atoms. The molecule has 1 fully saturated rings. The molecule has 22 heavy (non-hydrogen) atoms. The summed E-state index contributed by atoms with van der Waals surface area (Å²) in [5, 5.41) is 8.85. The van der Waals surface area contributed by atoms with E-state index in [1.807, 2.05) is 24.0 Å². The highest BCUT2D eigenvalue weighted by molar-refractivity contribution is 6.15. The van der Waals surface area contributed by atoms with E-state index in [1.165, 1.54) is 0 Å². The molecule has 0 radical (unpaired) electrons. The van der Waals surface area contributed by atoms with Gasteiger partial charge in [-0.25, -0.2) is 4.84 Å². The number of likely N-dealkylation sites (N-methyl/N-ethyl adjacent to an activating group) is 1. The van der Waals surface area contributed by atoms with Gasteiger partial charge >= 0.3 is 0 Å². The van der Waals surface area contributed by atoms with Crippen LogP contribution in [0.2, 0.25) is 0 Å². The van der Waals surface area contributed by atoms with Gasteiger partial charge in [0.2, 0.25) is 5.91 Å². The lowest BCUT2D eigenvalue weighted by molar-refractivity contribution is -0.135. The number of nitrogens with zero attached hydrogens (tertiary/aromatic N) is 3. The van der Waals surface area contributed by atoms with Crippen molar-refractivity contribution in [2.24, 2.45) is 0 Å². The number of carbonyl (C=O) groups excluding carboxylic acids is 1. The lowest BCUT2D eigenvalue weighted by Crippen LogP contribution is -2.53. The molecule has 2 rings (SSSR count). The van der Waals surface area contributed by atoms with Gasteiger partial charge in [0.1, 0.15) is 6.04 Å². The van der Waals surface area contributed by atoms with Crippen molar-refractivity contribution >= 4 is 17.7 Å². The summed E-state index contributed by atoms with van der Waals surface area (Å²) in [6.45, 7) is 5.18. The first-order chi connectivity index (χ1) is 10.6. The van der Waals surface area contributed by atoms with Crippen molar-refractivity contribution in [2.45, 2.75) is 18.9 Å². The number of piperazine rings is 1. The van der Waals surface area contributed by atoms with Crippen molar-refractivity contribution in [1.29, 1.82) is 5.26 Å². The van der Waals surface area contributed by atoms with E-state index in [4.69, 9.17) is 17.0 Å². The third-order valence-corrected chi connectivity index (χ3v) is 4.50. The molecule has 1 N–H and O–H groups in total. The zero-order valence-corrected chi connectivity index (χ0v) is 13.7. The van der Waals surface area contributed by atoms with E-state index in [2.05, 4.69) is 22.9 Å². The fourth-order valence-corrected chi connectivity index (χ4v) is 2.91. The van der Waals surface area contributed by atoms with Crippen molar-refractivity contribution in [3.8, 4) is 6.07 Å². The molecule has 1 aliphatic rings. The smallest absolute Gasteiger partial charge is 0.241 e. The molecule has 1 saturated heterocycles. The first-order valence-corrected chi connectivity index (χ1v) is 7.78. The van der Waals surface area contributed by atoms with E-state index in [9.17, 15) is 4.79 Å². The molecular formula is C16H21ClN4O. The normalized spacial score (nSPS) is 18.5. The first kappa shape index (κ1) is 16.8. The molecule has 0 aromatic heterocycles. The third kappa shape index (κ3) is 3.77. The maximum Gasteiger partial charge on any atom is 0.241 e. The standard InChI is InChI=1S/C16H21ClN4O/c1-12(14-5-3-13(11-18)4-6-14)15(19-17)16(22)21-9-7-20(2)8-10-21/h3-6,12,15,19H,7-10H2,1-2H3/t12?,15-/m1/s1. The summed E-state index contributed by atoms with van der Waals surface area (Å²) in [4.78, 5) is 19.4. The van der Waals surface area contributed by atoms with E-state index in [0.29, 0.717) is 5.56 Å².